The Balaban J connectivity index is 1.47. The number of hydrogen-bond donors (Lipinski definition) is 1. The zero-order valence-electron chi connectivity index (χ0n) is 18.9. The first-order chi connectivity index (χ1) is 15.9. The molecule has 0 saturated carbocycles. The molecule has 184 valence electrons. The van der Waals surface area contributed by atoms with Gasteiger partial charge in [0.15, 0.2) is 0 Å². The summed E-state index contributed by atoms with van der Waals surface area (Å²) in [6.45, 7) is 4.32. The second-order valence-electron chi connectivity index (χ2n) is 8.43. The van der Waals surface area contributed by atoms with Crippen LogP contribution in [-0.4, -0.2) is 61.4 Å². The fraction of sp³-hybridized carbons (Fsp3) is 0.500. The van der Waals surface area contributed by atoms with Gasteiger partial charge in [-0.3, -0.25) is 9.36 Å². The minimum Gasteiger partial charge on any atom is -0.351 e. The lowest BCUT2D eigenvalue weighted by Gasteiger charge is -2.31. The van der Waals surface area contributed by atoms with Crippen LogP contribution in [0.1, 0.15) is 38.3 Å². The van der Waals surface area contributed by atoms with Crippen molar-refractivity contribution in [1.29, 1.82) is 0 Å². The highest BCUT2D eigenvalue weighted by atomic mass is 32.2. The van der Waals surface area contributed by atoms with Crippen LogP contribution >= 0.6 is 0 Å². The van der Waals surface area contributed by atoms with E-state index in [0.717, 1.165) is 6.20 Å². The molecule has 0 unspecified atom stereocenters. The molecule has 1 aliphatic heterocycles. The fourth-order valence-corrected chi connectivity index (χ4v) is 5.14. The Bertz CT molecular complexity index is 1260. The van der Waals surface area contributed by atoms with Crippen LogP contribution in [0.2, 0.25) is 0 Å². The van der Waals surface area contributed by atoms with E-state index in [1.807, 2.05) is 13.8 Å². The molecule has 0 aliphatic carbocycles. The van der Waals surface area contributed by atoms with Crippen LogP contribution in [-0.2, 0) is 23.2 Å². The van der Waals surface area contributed by atoms with E-state index >= 15 is 0 Å². The molecule has 0 atom stereocenters. The van der Waals surface area contributed by atoms with Crippen LogP contribution in [0, 0.1) is 0 Å². The fourth-order valence-electron chi connectivity index (χ4n) is 3.73. The average Bonchev–Trinajstić information content (AvgIpc) is 3.43. The monoisotopic (exact) mass is 498 g/mol. The highest BCUT2D eigenvalue weighted by molar-refractivity contribution is 7.89. The quantitative estimate of drug-likeness (QED) is 0.556. The molecule has 1 N–H and O–H groups in total. The first-order valence-corrected chi connectivity index (χ1v) is 12.1. The summed E-state index contributed by atoms with van der Waals surface area (Å²) in [5.41, 5.74) is -0.989. The van der Waals surface area contributed by atoms with Crippen molar-refractivity contribution in [2.75, 3.05) is 18.4 Å². The molecule has 0 radical (unpaired) electrons. The zero-order valence-corrected chi connectivity index (χ0v) is 19.7. The molecule has 0 aromatic carbocycles. The SMILES string of the molecule is CC(C)n1cc(S(=O)(=O)N2CCC(Nc3ncc(C(F)(F)F)c(-c4cnn(C)c4)n3)CC2)cn1. The summed E-state index contributed by atoms with van der Waals surface area (Å²) in [5.74, 6) is 0.0476. The number of halogens is 3. The number of aryl methyl sites for hydroxylation is 1. The van der Waals surface area contributed by atoms with Crippen molar-refractivity contribution in [2.45, 2.75) is 49.8 Å². The lowest BCUT2D eigenvalue weighted by Crippen LogP contribution is -2.42. The molecule has 0 spiro atoms. The number of nitrogens with zero attached hydrogens (tertiary/aromatic N) is 7. The normalized spacial score (nSPS) is 16.3. The molecule has 1 fully saturated rings. The van der Waals surface area contributed by atoms with Gasteiger partial charge in [-0.05, 0) is 26.7 Å². The predicted octanol–water partition coefficient (Wildman–Crippen LogP) is 2.94. The van der Waals surface area contributed by atoms with Gasteiger partial charge >= 0.3 is 6.18 Å². The number of anilines is 1. The molecule has 14 heteroatoms. The summed E-state index contributed by atoms with van der Waals surface area (Å²) < 4.78 is 70.7. The van der Waals surface area contributed by atoms with E-state index < -0.39 is 21.8 Å². The third-order valence-electron chi connectivity index (χ3n) is 5.60. The Morgan fingerprint density at radius 3 is 2.35 bits per heavy atom. The van der Waals surface area contributed by atoms with E-state index in [9.17, 15) is 21.6 Å². The lowest BCUT2D eigenvalue weighted by atomic mass is 10.1. The molecule has 1 saturated heterocycles. The smallest absolute Gasteiger partial charge is 0.351 e. The molecule has 10 nitrogen and oxygen atoms in total. The second kappa shape index (κ2) is 8.98. The van der Waals surface area contributed by atoms with E-state index in [1.165, 1.54) is 33.8 Å². The lowest BCUT2D eigenvalue weighted by molar-refractivity contribution is -0.137. The molecular formula is C20H25F3N8O2S. The first kappa shape index (κ1) is 24.1. The maximum absolute atomic E-state index is 13.5. The van der Waals surface area contributed by atoms with Crippen molar-refractivity contribution < 1.29 is 21.6 Å². The molecule has 3 aromatic heterocycles. The van der Waals surface area contributed by atoms with E-state index in [2.05, 4.69) is 25.5 Å². The van der Waals surface area contributed by atoms with Crippen molar-refractivity contribution in [3.05, 3.63) is 36.5 Å². The van der Waals surface area contributed by atoms with Gasteiger partial charge in [0.1, 0.15) is 10.5 Å². The maximum Gasteiger partial charge on any atom is 0.419 e. The van der Waals surface area contributed by atoms with Crippen LogP contribution in [0.3, 0.4) is 0 Å². The Kier molecular flexibility index (Phi) is 6.38. The van der Waals surface area contributed by atoms with Crippen molar-refractivity contribution >= 4 is 16.0 Å². The van der Waals surface area contributed by atoms with Crippen LogP contribution in [0.5, 0.6) is 0 Å². The molecule has 1 aliphatic rings. The van der Waals surface area contributed by atoms with Gasteiger partial charge in [-0.1, -0.05) is 0 Å². The first-order valence-electron chi connectivity index (χ1n) is 10.7. The number of aromatic nitrogens is 6. The number of hydrogen-bond acceptors (Lipinski definition) is 7. The van der Waals surface area contributed by atoms with E-state index in [-0.39, 0.29) is 47.3 Å². The third-order valence-corrected chi connectivity index (χ3v) is 7.46. The summed E-state index contributed by atoms with van der Waals surface area (Å²) in [7, 11) is -2.07. The zero-order chi connectivity index (χ0) is 24.7. The van der Waals surface area contributed by atoms with E-state index in [4.69, 9.17) is 0 Å². The molecular weight excluding hydrogens is 473 g/mol. The third kappa shape index (κ3) is 4.92. The van der Waals surface area contributed by atoms with Gasteiger partial charge in [0, 0.05) is 56.4 Å². The molecule has 34 heavy (non-hydrogen) atoms. The Morgan fingerprint density at radius 2 is 1.79 bits per heavy atom. The average molecular weight is 499 g/mol. The number of alkyl halides is 3. The van der Waals surface area contributed by atoms with Gasteiger partial charge in [-0.25, -0.2) is 18.4 Å². The van der Waals surface area contributed by atoms with Crippen LogP contribution in [0.15, 0.2) is 35.9 Å². The van der Waals surface area contributed by atoms with Gasteiger partial charge in [0.25, 0.3) is 0 Å². The second-order valence-corrected chi connectivity index (χ2v) is 10.4. The standard InChI is InChI=1S/C20H25F3N8O2S/c1-13(2)31-12-16(9-26-31)34(32,33)30-6-4-15(5-7-30)27-19-24-10-17(20(21,22)23)18(28-19)14-8-25-29(3)11-14/h8-13,15H,4-7H2,1-3H3,(H,24,27,28). The van der Waals surface area contributed by atoms with Crippen molar-refractivity contribution in [3.63, 3.8) is 0 Å². The van der Waals surface area contributed by atoms with Crippen LogP contribution in [0.25, 0.3) is 11.3 Å². The minimum absolute atomic E-state index is 0.0409. The van der Waals surface area contributed by atoms with Gasteiger partial charge < -0.3 is 5.32 Å². The minimum atomic E-state index is -4.62. The Morgan fingerprint density at radius 1 is 1.09 bits per heavy atom. The highest BCUT2D eigenvalue weighted by Gasteiger charge is 2.36. The summed E-state index contributed by atoms with van der Waals surface area (Å²) >= 11 is 0. The van der Waals surface area contributed by atoms with Crippen molar-refractivity contribution in [2.24, 2.45) is 7.05 Å². The number of nitrogens with one attached hydrogen (secondary N) is 1. The van der Waals surface area contributed by atoms with Gasteiger partial charge in [-0.15, -0.1) is 0 Å². The Hall–Kier alpha value is -3.00. The highest BCUT2D eigenvalue weighted by Crippen LogP contribution is 2.36. The van der Waals surface area contributed by atoms with E-state index in [1.54, 1.807) is 11.7 Å². The van der Waals surface area contributed by atoms with Crippen LogP contribution in [0.4, 0.5) is 19.1 Å². The van der Waals surface area contributed by atoms with Crippen molar-refractivity contribution in [1.82, 2.24) is 33.8 Å². The number of piperidine rings is 1. The summed E-state index contributed by atoms with van der Waals surface area (Å²) in [4.78, 5) is 8.11. The molecule has 0 bridgehead atoms. The number of rotatable bonds is 6. The summed E-state index contributed by atoms with van der Waals surface area (Å²) in [6, 6.07) is -0.150. The van der Waals surface area contributed by atoms with Crippen LogP contribution < -0.4 is 5.32 Å². The molecule has 4 heterocycles. The maximum atomic E-state index is 13.5. The van der Waals surface area contributed by atoms with Gasteiger partial charge in [0.2, 0.25) is 16.0 Å². The topological polar surface area (TPSA) is 111 Å². The van der Waals surface area contributed by atoms with Gasteiger partial charge in [-0.2, -0.15) is 27.7 Å². The number of sulfonamides is 1. The summed E-state index contributed by atoms with van der Waals surface area (Å²) in [6.07, 6.45) is 2.65. The largest absolute Gasteiger partial charge is 0.419 e. The van der Waals surface area contributed by atoms with Gasteiger partial charge in [0.05, 0.1) is 18.1 Å². The van der Waals surface area contributed by atoms with Crippen molar-refractivity contribution in [3.8, 4) is 11.3 Å². The predicted molar refractivity (Wildman–Crippen MR) is 117 cm³/mol. The summed E-state index contributed by atoms with van der Waals surface area (Å²) in [5, 5.41) is 11.1. The van der Waals surface area contributed by atoms with E-state index in [0.29, 0.717) is 12.8 Å². The molecule has 3 aromatic rings. The molecule has 0 amide bonds. The molecule has 4 rings (SSSR count). The Labute approximate surface area is 194 Å².